The van der Waals surface area contributed by atoms with Crippen molar-refractivity contribution in [2.24, 2.45) is 5.92 Å². The van der Waals surface area contributed by atoms with Crippen LogP contribution in [0.15, 0.2) is 22.7 Å². The second-order valence-corrected chi connectivity index (χ2v) is 5.93. The molecule has 2 nitrogen and oxygen atoms in total. The third-order valence-corrected chi connectivity index (χ3v) is 4.26. The fourth-order valence-electron chi connectivity index (χ4n) is 2.55. The maximum atomic E-state index is 5.55. The van der Waals surface area contributed by atoms with Crippen molar-refractivity contribution in [2.75, 3.05) is 19.8 Å². The minimum absolute atomic E-state index is 0.404. The van der Waals surface area contributed by atoms with Crippen LogP contribution in [0.4, 0.5) is 0 Å². The molecule has 0 amide bonds. The molecule has 1 fully saturated rings. The highest BCUT2D eigenvalue weighted by Gasteiger charge is 2.27. The predicted octanol–water partition coefficient (Wildman–Crippen LogP) is 3.83. The van der Waals surface area contributed by atoms with E-state index in [9.17, 15) is 0 Å². The van der Waals surface area contributed by atoms with E-state index < -0.39 is 0 Å². The van der Waals surface area contributed by atoms with E-state index >= 15 is 0 Å². The Labute approximate surface area is 118 Å². The summed E-state index contributed by atoms with van der Waals surface area (Å²) in [4.78, 5) is 0. The van der Waals surface area contributed by atoms with Gasteiger partial charge in [-0.15, -0.1) is 0 Å². The Morgan fingerprint density at radius 1 is 1.50 bits per heavy atom. The van der Waals surface area contributed by atoms with Crippen LogP contribution >= 0.6 is 15.9 Å². The Morgan fingerprint density at radius 3 is 3.00 bits per heavy atom. The highest BCUT2D eigenvalue weighted by atomic mass is 79.9. The van der Waals surface area contributed by atoms with Crippen molar-refractivity contribution >= 4 is 15.9 Å². The Bertz CT molecular complexity index is 388. The Kier molecular flexibility index (Phi) is 5.22. The average Bonchev–Trinajstić information content (AvgIpc) is 2.88. The van der Waals surface area contributed by atoms with Crippen molar-refractivity contribution in [3.8, 4) is 0 Å². The first-order valence-electron chi connectivity index (χ1n) is 6.79. The molecule has 1 N–H and O–H groups in total. The lowest BCUT2D eigenvalue weighted by atomic mass is 9.91. The summed E-state index contributed by atoms with van der Waals surface area (Å²) in [6.07, 6.45) is 2.31. The van der Waals surface area contributed by atoms with Crippen molar-refractivity contribution in [1.29, 1.82) is 0 Å². The van der Waals surface area contributed by atoms with E-state index in [1.807, 2.05) is 0 Å². The fourth-order valence-corrected chi connectivity index (χ4v) is 3.04. The van der Waals surface area contributed by atoms with Crippen molar-refractivity contribution in [3.05, 3.63) is 33.8 Å². The first-order chi connectivity index (χ1) is 8.72. The molecule has 1 aromatic carbocycles. The lowest BCUT2D eigenvalue weighted by Crippen LogP contribution is -2.29. The summed E-state index contributed by atoms with van der Waals surface area (Å²) in [7, 11) is 0. The maximum Gasteiger partial charge on any atom is 0.0513 e. The lowest BCUT2D eigenvalue weighted by Gasteiger charge is -2.25. The minimum atomic E-state index is 0.404. The molecule has 18 heavy (non-hydrogen) atoms. The van der Waals surface area contributed by atoms with Crippen LogP contribution in [-0.4, -0.2) is 19.8 Å². The topological polar surface area (TPSA) is 21.3 Å². The van der Waals surface area contributed by atoms with E-state index in [-0.39, 0.29) is 0 Å². The van der Waals surface area contributed by atoms with Crippen molar-refractivity contribution in [1.82, 2.24) is 5.32 Å². The average molecular weight is 312 g/mol. The molecule has 0 aromatic heterocycles. The van der Waals surface area contributed by atoms with Crippen LogP contribution in [0.3, 0.4) is 0 Å². The van der Waals surface area contributed by atoms with Crippen molar-refractivity contribution < 1.29 is 4.74 Å². The first kappa shape index (κ1) is 14.0. The Balaban J connectivity index is 2.23. The fraction of sp³-hybridized carbons (Fsp3) is 0.600. The molecule has 2 unspecified atom stereocenters. The van der Waals surface area contributed by atoms with E-state index in [0.717, 1.165) is 32.6 Å². The van der Waals surface area contributed by atoms with Gasteiger partial charge in [0.05, 0.1) is 6.61 Å². The molecule has 1 aromatic rings. The summed E-state index contributed by atoms with van der Waals surface area (Å²) in [5.41, 5.74) is 2.69. The van der Waals surface area contributed by atoms with E-state index in [1.165, 1.54) is 15.6 Å². The van der Waals surface area contributed by atoms with Gasteiger partial charge in [-0.3, -0.25) is 0 Å². The van der Waals surface area contributed by atoms with Crippen LogP contribution < -0.4 is 5.32 Å². The number of benzene rings is 1. The van der Waals surface area contributed by atoms with E-state index in [2.05, 4.69) is 53.3 Å². The number of rotatable bonds is 5. The molecular formula is C15H22BrNO. The van der Waals surface area contributed by atoms with Crippen molar-refractivity contribution in [3.63, 3.8) is 0 Å². The van der Waals surface area contributed by atoms with Gasteiger partial charge in [0.1, 0.15) is 0 Å². The zero-order valence-corrected chi connectivity index (χ0v) is 12.8. The van der Waals surface area contributed by atoms with Gasteiger partial charge < -0.3 is 10.1 Å². The van der Waals surface area contributed by atoms with Gasteiger partial charge in [-0.25, -0.2) is 0 Å². The Morgan fingerprint density at radius 2 is 2.33 bits per heavy atom. The normalized spacial score (nSPS) is 21.2. The molecule has 1 aliphatic heterocycles. The van der Waals surface area contributed by atoms with Gasteiger partial charge in [0.25, 0.3) is 0 Å². The van der Waals surface area contributed by atoms with Crippen LogP contribution in [-0.2, 0) is 4.74 Å². The zero-order valence-electron chi connectivity index (χ0n) is 11.2. The van der Waals surface area contributed by atoms with Crippen LogP contribution in [0.25, 0.3) is 0 Å². The molecule has 0 saturated carbocycles. The highest BCUT2D eigenvalue weighted by molar-refractivity contribution is 9.10. The van der Waals surface area contributed by atoms with Gasteiger partial charge in [0.2, 0.25) is 0 Å². The summed E-state index contributed by atoms with van der Waals surface area (Å²) in [6.45, 7) is 7.19. The van der Waals surface area contributed by atoms with Crippen LogP contribution in [0.5, 0.6) is 0 Å². The number of hydrogen-bond donors (Lipinski definition) is 1. The SMILES string of the molecule is CCCNC(c1cc(C)ccc1Br)C1CCOC1. The third-order valence-electron chi connectivity index (χ3n) is 3.54. The molecule has 0 radical (unpaired) electrons. The third kappa shape index (κ3) is 3.34. The van der Waals surface area contributed by atoms with Crippen LogP contribution in [0, 0.1) is 12.8 Å². The maximum absolute atomic E-state index is 5.55. The van der Waals surface area contributed by atoms with Gasteiger partial charge in [0, 0.05) is 23.0 Å². The molecule has 100 valence electrons. The summed E-state index contributed by atoms with van der Waals surface area (Å²) < 4.78 is 6.76. The minimum Gasteiger partial charge on any atom is -0.381 e. The first-order valence-corrected chi connectivity index (χ1v) is 7.59. The Hall–Kier alpha value is -0.380. The lowest BCUT2D eigenvalue weighted by molar-refractivity contribution is 0.176. The molecule has 0 bridgehead atoms. The van der Waals surface area contributed by atoms with Crippen LogP contribution in [0.1, 0.15) is 36.9 Å². The smallest absolute Gasteiger partial charge is 0.0513 e. The predicted molar refractivity (Wildman–Crippen MR) is 78.8 cm³/mol. The number of aryl methyl sites for hydroxylation is 1. The van der Waals surface area contributed by atoms with E-state index in [0.29, 0.717) is 12.0 Å². The molecular weight excluding hydrogens is 290 g/mol. The molecule has 3 heteroatoms. The zero-order chi connectivity index (χ0) is 13.0. The number of halogens is 1. The van der Waals surface area contributed by atoms with Gasteiger partial charge in [-0.05, 0) is 37.9 Å². The molecule has 2 rings (SSSR count). The van der Waals surface area contributed by atoms with Gasteiger partial charge >= 0.3 is 0 Å². The molecule has 1 saturated heterocycles. The van der Waals surface area contributed by atoms with E-state index in [4.69, 9.17) is 4.74 Å². The molecule has 0 spiro atoms. The molecule has 1 heterocycles. The van der Waals surface area contributed by atoms with Gasteiger partial charge in [-0.2, -0.15) is 0 Å². The number of hydrogen-bond acceptors (Lipinski definition) is 2. The molecule has 1 aliphatic rings. The molecule has 0 aliphatic carbocycles. The second-order valence-electron chi connectivity index (χ2n) is 5.08. The molecule has 2 atom stereocenters. The monoisotopic (exact) mass is 311 g/mol. The summed E-state index contributed by atoms with van der Waals surface area (Å²) in [6, 6.07) is 6.99. The summed E-state index contributed by atoms with van der Waals surface area (Å²) in [5.74, 6) is 0.592. The highest BCUT2D eigenvalue weighted by Crippen LogP contribution is 2.33. The summed E-state index contributed by atoms with van der Waals surface area (Å²) in [5, 5.41) is 3.69. The van der Waals surface area contributed by atoms with E-state index in [1.54, 1.807) is 0 Å². The van der Waals surface area contributed by atoms with Gasteiger partial charge in [-0.1, -0.05) is 40.5 Å². The van der Waals surface area contributed by atoms with Gasteiger partial charge in [0.15, 0.2) is 0 Å². The second kappa shape index (κ2) is 6.69. The number of nitrogens with one attached hydrogen (secondary N) is 1. The summed E-state index contributed by atoms with van der Waals surface area (Å²) >= 11 is 3.69. The van der Waals surface area contributed by atoms with Crippen LogP contribution in [0.2, 0.25) is 0 Å². The standard InChI is InChI=1S/C15H22BrNO/c1-3-7-17-15(12-6-8-18-10-12)13-9-11(2)4-5-14(13)16/h4-5,9,12,15,17H,3,6-8,10H2,1-2H3. The largest absolute Gasteiger partial charge is 0.381 e. The van der Waals surface area contributed by atoms with Crippen molar-refractivity contribution in [2.45, 2.75) is 32.7 Å². The quantitative estimate of drug-likeness (QED) is 0.892. The number of ether oxygens (including phenoxy) is 1.